The van der Waals surface area contributed by atoms with Crippen LogP contribution in [0.15, 0.2) is 27.8 Å². The van der Waals surface area contributed by atoms with Crippen molar-refractivity contribution in [1.82, 2.24) is 9.13 Å². The summed E-state index contributed by atoms with van der Waals surface area (Å²) in [6.45, 7) is 0.818. The maximum Gasteiger partial charge on any atom is 0.416 e. The monoisotopic (exact) mass is 344 g/mol. The molecule has 0 atom stereocenters. The van der Waals surface area contributed by atoms with Gasteiger partial charge in [0.15, 0.2) is 0 Å². The lowest BCUT2D eigenvalue weighted by Crippen LogP contribution is -2.43. The summed E-state index contributed by atoms with van der Waals surface area (Å²) >= 11 is 0. The highest BCUT2D eigenvalue weighted by atomic mass is 19.4. The molecule has 24 heavy (non-hydrogen) atoms. The van der Waals surface area contributed by atoms with Crippen LogP contribution in [0.1, 0.15) is 12.5 Å². The fourth-order valence-electron chi connectivity index (χ4n) is 2.38. The summed E-state index contributed by atoms with van der Waals surface area (Å²) in [4.78, 5) is 35.8. The molecule has 0 bridgehead atoms. The Bertz CT molecular complexity index is 896. The molecule has 130 valence electrons. The molecule has 0 saturated carbocycles. The zero-order valence-electron chi connectivity index (χ0n) is 13.0. The van der Waals surface area contributed by atoms with E-state index in [1.54, 1.807) is 0 Å². The number of rotatable bonds is 5. The van der Waals surface area contributed by atoms with Crippen molar-refractivity contribution in [3.63, 3.8) is 0 Å². The molecule has 1 aromatic heterocycles. The molecule has 9 heteroatoms. The molecule has 0 radical (unpaired) electrons. The number of fused-ring (bicyclic) bond motifs is 1. The molecule has 0 aliphatic carbocycles. The third-order valence-electron chi connectivity index (χ3n) is 3.46. The van der Waals surface area contributed by atoms with Gasteiger partial charge in [0.1, 0.15) is 5.78 Å². The lowest BCUT2D eigenvalue weighted by molar-refractivity contribution is -0.137. The number of Topliss-reactive ketones (excluding diaryl/α,β-unsaturated/α-hetero) is 1. The minimum absolute atomic E-state index is 0.00729. The number of hydrogen-bond donors (Lipinski definition) is 0. The van der Waals surface area contributed by atoms with Gasteiger partial charge >= 0.3 is 17.3 Å². The second-order valence-electron chi connectivity index (χ2n) is 5.24. The normalized spacial score (nSPS) is 11.9. The predicted octanol–water partition coefficient (Wildman–Crippen LogP) is 1.42. The zero-order valence-corrected chi connectivity index (χ0v) is 13.0. The second-order valence-corrected chi connectivity index (χ2v) is 5.24. The molecule has 0 amide bonds. The van der Waals surface area contributed by atoms with E-state index in [4.69, 9.17) is 4.74 Å². The maximum atomic E-state index is 13.0. The van der Waals surface area contributed by atoms with Gasteiger partial charge in [0.25, 0.3) is 0 Å². The van der Waals surface area contributed by atoms with Crippen LogP contribution in [0.2, 0.25) is 0 Å². The average Bonchev–Trinajstić information content (AvgIpc) is 2.50. The first-order valence-electron chi connectivity index (χ1n) is 6.99. The number of halogens is 3. The molecular formula is C15H15F3N2O4. The number of methoxy groups -OCH3 is 1. The number of ketones is 1. The Labute approximate surface area is 134 Å². The summed E-state index contributed by atoms with van der Waals surface area (Å²) < 4.78 is 45.5. The van der Waals surface area contributed by atoms with Gasteiger partial charge in [-0.25, -0.2) is 0 Å². The van der Waals surface area contributed by atoms with Crippen LogP contribution in [0.3, 0.4) is 0 Å². The van der Waals surface area contributed by atoms with Crippen molar-refractivity contribution in [2.24, 2.45) is 0 Å². The van der Waals surface area contributed by atoms with Crippen LogP contribution in [0.5, 0.6) is 0 Å². The van der Waals surface area contributed by atoms with Gasteiger partial charge in [-0.15, -0.1) is 0 Å². The summed E-state index contributed by atoms with van der Waals surface area (Å²) in [7, 11) is 1.39. The minimum Gasteiger partial charge on any atom is -0.383 e. The van der Waals surface area contributed by atoms with Crippen LogP contribution in [-0.2, 0) is 28.8 Å². The molecule has 0 saturated heterocycles. The Kier molecular flexibility index (Phi) is 4.93. The highest BCUT2D eigenvalue weighted by Gasteiger charge is 2.31. The van der Waals surface area contributed by atoms with Gasteiger partial charge in [-0.3, -0.25) is 23.5 Å². The number of hydrogen-bond acceptors (Lipinski definition) is 4. The van der Waals surface area contributed by atoms with E-state index in [0.29, 0.717) is 0 Å². The van der Waals surface area contributed by atoms with Gasteiger partial charge in [-0.2, -0.15) is 13.2 Å². The Morgan fingerprint density at radius 2 is 1.75 bits per heavy atom. The van der Waals surface area contributed by atoms with E-state index in [1.807, 2.05) is 0 Å². The average molecular weight is 344 g/mol. The van der Waals surface area contributed by atoms with Crippen LogP contribution in [0.4, 0.5) is 13.2 Å². The molecule has 0 spiro atoms. The van der Waals surface area contributed by atoms with Gasteiger partial charge in [0.2, 0.25) is 0 Å². The van der Waals surface area contributed by atoms with Gasteiger partial charge in [-0.05, 0) is 25.1 Å². The SMILES string of the molecule is COCCn1c(=O)c(=O)n(CC(C)=O)c2cc(C(F)(F)F)ccc21. The van der Waals surface area contributed by atoms with Crippen molar-refractivity contribution in [3.8, 4) is 0 Å². The highest BCUT2D eigenvalue weighted by Crippen LogP contribution is 2.30. The van der Waals surface area contributed by atoms with Crippen molar-refractivity contribution < 1.29 is 22.7 Å². The first-order chi connectivity index (χ1) is 11.2. The fourth-order valence-corrected chi connectivity index (χ4v) is 2.38. The standard InChI is InChI=1S/C15H15F3N2O4/c1-9(21)8-20-12-7-10(15(16,17)18)3-4-11(12)19(5-6-24-2)13(22)14(20)23/h3-4,7H,5-6,8H2,1-2H3. The molecule has 0 unspecified atom stereocenters. The van der Waals surface area contributed by atoms with Gasteiger partial charge in [0.05, 0.1) is 29.7 Å². The number of alkyl halides is 3. The predicted molar refractivity (Wildman–Crippen MR) is 80.0 cm³/mol. The van der Waals surface area contributed by atoms with Crippen LogP contribution in [-0.4, -0.2) is 28.6 Å². The van der Waals surface area contributed by atoms with E-state index in [0.717, 1.165) is 27.3 Å². The molecule has 2 aromatic rings. The minimum atomic E-state index is -4.61. The highest BCUT2D eigenvalue weighted by molar-refractivity contribution is 5.80. The fraction of sp³-hybridized carbons (Fsp3) is 0.400. The van der Waals surface area contributed by atoms with E-state index in [-0.39, 0.29) is 24.2 Å². The van der Waals surface area contributed by atoms with Crippen LogP contribution in [0, 0.1) is 0 Å². The van der Waals surface area contributed by atoms with Gasteiger partial charge in [0, 0.05) is 13.7 Å². The molecule has 1 heterocycles. The third-order valence-corrected chi connectivity index (χ3v) is 3.46. The third kappa shape index (κ3) is 3.40. The van der Waals surface area contributed by atoms with Crippen molar-refractivity contribution in [2.45, 2.75) is 26.2 Å². The molecule has 1 aromatic carbocycles. The molecular weight excluding hydrogens is 329 g/mol. The smallest absolute Gasteiger partial charge is 0.383 e. The summed E-state index contributed by atoms with van der Waals surface area (Å²) in [5.41, 5.74) is -2.93. The van der Waals surface area contributed by atoms with E-state index < -0.39 is 35.2 Å². The summed E-state index contributed by atoms with van der Waals surface area (Å²) in [6, 6.07) is 2.71. The van der Waals surface area contributed by atoms with E-state index in [9.17, 15) is 27.6 Å². The molecule has 0 aliphatic heterocycles. The van der Waals surface area contributed by atoms with Gasteiger partial charge in [-0.1, -0.05) is 0 Å². The Hall–Kier alpha value is -2.42. The van der Waals surface area contributed by atoms with Crippen molar-refractivity contribution in [1.29, 1.82) is 0 Å². The first-order valence-corrected chi connectivity index (χ1v) is 6.99. The zero-order chi connectivity index (χ0) is 18.1. The van der Waals surface area contributed by atoms with E-state index >= 15 is 0 Å². The number of aromatic nitrogens is 2. The first kappa shape index (κ1) is 17.9. The van der Waals surface area contributed by atoms with Crippen LogP contribution in [0.25, 0.3) is 11.0 Å². The molecule has 0 aliphatic rings. The Morgan fingerprint density at radius 3 is 2.29 bits per heavy atom. The summed E-state index contributed by atoms with van der Waals surface area (Å²) in [6.07, 6.45) is -4.61. The van der Waals surface area contributed by atoms with E-state index in [2.05, 4.69) is 0 Å². The number of benzene rings is 1. The quantitative estimate of drug-likeness (QED) is 0.769. The number of nitrogens with zero attached hydrogens (tertiary/aromatic N) is 2. The lowest BCUT2D eigenvalue weighted by atomic mass is 10.1. The molecule has 0 N–H and O–H groups in total. The van der Waals surface area contributed by atoms with Gasteiger partial charge < -0.3 is 4.74 Å². The maximum absolute atomic E-state index is 13.0. The number of ether oxygens (including phenoxy) is 1. The van der Waals surface area contributed by atoms with E-state index in [1.165, 1.54) is 14.0 Å². The molecule has 0 fully saturated rings. The Morgan fingerprint density at radius 1 is 1.12 bits per heavy atom. The second kappa shape index (κ2) is 6.60. The topological polar surface area (TPSA) is 70.3 Å². The van der Waals surface area contributed by atoms with Crippen molar-refractivity contribution >= 4 is 16.8 Å². The largest absolute Gasteiger partial charge is 0.416 e. The number of carbonyl (C=O) groups excluding carboxylic acids is 1. The van der Waals surface area contributed by atoms with Crippen LogP contribution < -0.4 is 11.1 Å². The number of carbonyl (C=O) groups is 1. The Balaban J connectivity index is 2.87. The lowest BCUT2D eigenvalue weighted by Gasteiger charge is -2.16. The van der Waals surface area contributed by atoms with Crippen LogP contribution >= 0.6 is 0 Å². The molecule has 6 nitrogen and oxygen atoms in total. The summed E-state index contributed by atoms with van der Waals surface area (Å²) in [5.74, 6) is -0.454. The summed E-state index contributed by atoms with van der Waals surface area (Å²) in [5, 5.41) is 0. The van der Waals surface area contributed by atoms with Crippen molar-refractivity contribution in [2.75, 3.05) is 13.7 Å². The molecule has 2 rings (SSSR count). The van der Waals surface area contributed by atoms with Crippen molar-refractivity contribution in [3.05, 3.63) is 44.5 Å².